The number of nitrogens with zero attached hydrogens (tertiary/aromatic N) is 4. The second-order valence-corrected chi connectivity index (χ2v) is 4.35. The summed E-state index contributed by atoms with van der Waals surface area (Å²) < 4.78 is 27.2. The van der Waals surface area contributed by atoms with E-state index in [1.807, 2.05) is 0 Å². The highest BCUT2D eigenvalue weighted by molar-refractivity contribution is 9.10. The van der Waals surface area contributed by atoms with Gasteiger partial charge in [0.25, 0.3) is 4.73 Å². The molecule has 0 aliphatic rings. The third kappa shape index (κ3) is 2.85. The number of aromatic nitrogens is 3. The first kappa shape index (κ1) is 14.2. The summed E-state index contributed by atoms with van der Waals surface area (Å²) in [5.41, 5.74) is -0.463. The van der Waals surface area contributed by atoms with Gasteiger partial charge in [-0.1, -0.05) is 0 Å². The smallest absolute Gasteiger partial charge is 0.390 e. The molecule has 0 bridgehead atoms. The average molecular weight is 347 g/mol. The fourth-order valence-electron chi connectivity index (χ4n) is 1.42. The molecule has 0 aliphatic carbocycles. The number of nitro groups is 1. The third-order valence-electron chi connectivity index (χ3n) is 2.30. The van der Waals surface area contributed by atoms with Crippen molar-refractivity contribution in [3.63, 3.8) is 0 Å². The quantitative estimate of drug-likeness (QED) is 0.480. The molecule has 0 radical (unpaired) electrons. The predicted molar refractivity (Wildman–Crippen MR) is 65.1 cm³/mol. The van der Waals surface area contributed by atoms with Gasteiger partial charge in [0.05, 0.1) is 5.56 Å². The van der Waals surface area contributed by atoms with Crippen molar-refractivity contribution in [1.82, 2.24) is 14.8 Å². The minimum Gasteiger partial charge on any atom is -0.390 e. The Balaban J connectivity index is 2.28. The fourth-order valence-corrected chi connectivity index (χ4v) is 1.79. The van der Waals surface area contributed by atoms with Crippen molar-refractivity contribution in [2.24, 2.45) is 0 Å². The molecule has 0 N–H and O–H groups in total. The lowest BCUT2D eigenvalue weighted by atomic mass is 10.1. The van der Waals surface area contributed by atoms with Crippen LogP contribution in [0.25, 0.3) is 0 Å². The molecule has 0 spiro atoms. The molecule has 2 aromatic rings. The molecule has 104 valence electrons. The topological polar surface area (TPSA) is 90.9 Å². The predicted octanol–water partition coefficient (Wildman–Crippen LogP) is 2.11. The Bertz CT molecular complexity index is 704. The summed E-state index contributed by atoms with van der Waals surface area (Å²) in [7, 11) is 0. The van der Waals surface area contributed by atoms with Crippen LogP contribution in [0.1, 0.15) is 10.4 Å². The van der Waals surface area contributed by atoms with E-state index in [1.165, 1.54) is 0 Å². The number of benzene rings is 1. The van der Waals surface area contributed by atoms with Gasteiger partial charge in [0.2, 0.25) is 0 Å². The van der Waals surface area contributed by atoms with E-state index in [1.54, 1.807) is 0 Å². The zero-order valence-corrected chi connectivity index (χ0v) is 11.2. The summed E-state index contributed by atoms with van der Waals surface area (Å²) in [6.07, 6.45) is 0. The van der Waals surface area contributed by atoms with Crippen LogP contribution >= 0.6 is 15.9 Å². The molecule has 0 saturated carbocycles. The van der Waals surface area contributed by atoms with E-state index >= 15 is 0 Å². The van der Waals surface area contributed by atoms with Crippen LogP contribution in [0.3, 0.4) is 0 Å². The second-order valence-electron chi connectivity index (χ2n) is 3.64. The lowest BCUT2D eigenvalue weighted by Crippen LogP contribution is -2.14. The molecule has 0 unspecified atom stereocenters. The van der Waals surface area contributed by atoms with Gasteiger partial charge in [-0.2, -0.15) is 4.68 Å². The molecule has 1 aromatic carbocycles. The SMILES string of the molecule is O=C(Cn1nc([N+](=O)[O-])nc1Br)c1cc(F)ccc1F. The van der Waals surface area contributed by atoms with Crippen LogP contribution < -0.4 is 0 Å². The van der Waals surface area contributed by atoms with Gasteiger partial charge in [0.1, 0.15) is 18.2 Å². The lowest BCUT2D eigenvalue weighted by molar-refractivity contribution is -0.394. The van der Waals surface area contributed by atoms with Crippen LogP contribution in [0.4, 0.5) is 14.7 Å². The van der Waals surface area contributed by atoms with Crippen LogP contribution in [-0.2, 0) is 6.54 Å². The normalized spacial score (nSPS) is 10.6. The molecule has 20 heavy (non-hydrogen) atoms. The summed E-state index contributed by atoms with van der Waals surface area (Å²) in [6.45, 7) is -0.512. The number of Topliss-reactive ketones (excluding diaryl/α,β-unsaturated/α-hetero) is 1. The Hall–Kier alpha value is -2.23. The number of hydrogen-bond acceptors (Lipinski definition) is 5. The number of ketones is 1. The molecular weight excluding hydrogens is 342 g/mol. The van der Waals surface area contributed by atoms with Crippen LogP contribution in [-0.4, -0.2) is 25.5 Å². The zero-order chi connectivity index (χ0) is 14.9. The van der Waals surface area contributed by atoms with Gasteiger partial charge >= 0.3 is 5.95 Å². The van der Waals surface area contributed by atoms with Crippen molar-refractivity contribution >= 4 is 27.7 Å². The molecule has 7 nitrogen and oxygen atoms in total. The molecule has 2 rings (SSSR count). The Morgan fingerprint density at radius 3 is 2.75 bits per heavy atom. The van der Waals surface area contributed by atoms with E-state index in [0.717, 1.165) is 22.9 Å². The van der Waals surface area contributed by atoms with E-state index in [-0.39, 0.29) is 4.73 Å². The molecule has 0 aliphatic heterocycles. The Kier molecular flexibility index (Phi) is 3.84. The zero-order valence-electron chi connectivity index (χ0n) is 9.59. The van der Waals surface area contributed by atoms with Crippen molar-refractivity contribution < 1.29 is 18.5 Å². The molecule has 0 amide bonds. The minimum atomic E-state index is -0.887. The lowest BCUT2D eigenvalue weighted by Gasteiger charge is -2.01. The van der Waals surface area contributed by atoms with E-state index in [0.29, 0.717) is 0 Å². The van der Waals surface area contributed by atoms with Crippen molar-refractivity contribution in [3.8, 4) is 0 Å². The molecule has 0 saturated heterocycles. The summed E-state index contributed by atoms with van der Waals surface area (Å²) in [6, 6.07) is 2.45. The maximum Gasteiger partial charge on any atom is 0.492 e. The standard InChI is InChI=1S/C10H5BrF2N4O3/c11-9-14-10(17(19)20)15-16(9)4-8(18)6-3-5(12)1-2-7(6)13/h1-3H,4H2. The van der Waals surface area contributed by atoms with Gasteiger partial charge in [0, 0.05) is 21.0 Å². The van der Waals surface area contributed by atoms with Crippen molar-refractivity contribution in [2.45, 2.75) is 6.54 Å². The second kappa shape index (κ2) is 5.41. The number of carbonyl (C=O) groups excluding carboxylic acids is 1. The molecule has 1 aromatic heterocycles. The molecule has 1 heterocycles. The number of halogens is 3. The first-order chi connectivity index (χ1) is 9.38. The minimum absolute atomic E-state index is 0.0608. The van der Waals surface area contributed by atoms with Crippen molar-refractivity contribution in [2.75, 3.05) is 0 Å². The maximum absolute atomic E-state index is 13.4. The van der Waals surface area contributed by atoms with Crippen molar-refractivity contribution in [3.05, 3.63) is 50.2 Å². The van der Waals surface area contributed by atoms with Crippen molar-refractivity contribution in [1.29, 1.82) is 0 Å². The van der Waals surface area contributed by atoms with Crippen LogP contribution in [0.5, 0.6) is 0 Å². The van der Waals surface area contributed by atoms with Gasteiger partial charge in [-0.3, -0.25) is 4.79 Å². The van der Waals surface area contributed by atoms with Gasteiger partial charge in [-0.15, -0.1) is 0 Å². The average Bonchev–Trinajstić information content (AvgIpc) is 2.74. The first-order valence-corrected chi connectivity index (χ1v) is 5.91. The van der Waals surface area contributed by atoms with E-state index in [9.17, 15) is 23.7 Å². The summed E-state index contributed by atoms with van der Waals surface area (Å²) in [5, 5.41) is 13.9. The summed E-state index contributed by atoms with van der Waals surface area (Å²) >= 11 is 2.88. The molecule has 0 fully saturated rings. The van der Waals surface area contributed by atoms with E-state index in [2.05, 4.69) is 26.0 Å². The van der Waals surface area contributed by atoms with Gasteiger partial charge in [0.15, 0.2) is 5.78 Å². The Morgan fingerprint density at radius 2 is 2.15 bits per heavy atom. The largest absolute Gasteiger partial charge is 0.492 e. The van der Waals surface area contributed by atoms with E-state index < -0.39 is 40.4 Å². The van der Waals surface area contributed by atoms with Gasteiger partial charge in [-0.25, -0.2) is 8.78 Å². The highest BCUT2D eigenvalue weighted by Crippen LogP contribution is 2.15. The Labute approximate surface area is 118 Å². The number of hydrogen-bond donors (Lipinski definition) is 0. The first-order valence-electron chi connectivity index (χ1n) is 5.11. The van der Waals surface area contributed by atoms with Crippen LogP contribution in [0.2, 0.25) is 0 Å². The van der Waals surface area contributed by atoms with Gasteiger partial charge < -0.3 is 10.1 Å². The van der Waals surface area contributed by atoms with Gasteiger partial charge in [-0.05, 0) is 28.1 Å². The Morgan fingerprint density at radius 1 is 1.45 bits per heavy atom. The molecular formula is C10H5BrF2N4O3. The summed E-state index contributed by atoms with van der Waals surface area (Å²) in [5.74, 6) is -3.15. The summed E-state index contributed by atoms with van der Waals surface area (Å²) in [4.78, 5) is 24.9. The third-order valence-corrected chi connectivity index (χ3v) is 2.89. The molecule has 0 atom stereocenters. The maximum atomic E-state index is 13.4. The fraction of sp³-hybridized carbons (Fsp3) is 0.100. The highest BCUT2D eigenvalue weighted by Gasteiger charge is 2.23. The number of rotatable bonds is 4. The monoisotopic (exact) mass is 346 g/mol. The van der Waals surface area contributed by atoms with Crippen LogP contribution in [0.15, 0.2) is 22.9 Å². The van der Waals surface area contributed by atoms with E-state index in [4.69, 9.17) is 0 Å². The molecule has 10 heteroatoms. The number of carbonyl (C=O) groups is 1. The highest BCUT2D eigenvalue weighted by atomic mass is 79.9. The van der Waals surface area contributed by atoms with Crippen LogP contribution in [0, 0.1) is 21.7 Å².